The van der Waals surface area contributed by atoms with Crippen LogP contribution in [-0.4, -0.2) is 88.2 Å². The number of fused-ring (bicyclic) bond motifs is 1. The molecule has 226 valence electrons. The predicted molar refractivity (Wildman–Crippen MR) is 157 cm³/mol. The summed E-state index contributed by atoms with van der Waals surface area (Å²) in [5, 5.41) is 16.6. The summed E-state index contributed by atoms with van der Waals surface area (Å²) in [5.41, 5.74) is 1.64. The summed E-state index contributed by atoms with van der Waals surface area (Å²) in [6, 6.07) is 4.88. The van der Waals surface area contributed by atoms with Gasteiger partial charge in [-0.2, -0.15) is 0 Å². The van der Waals surface area contributed by atoms with E-state index in [1.165, 1.54) is 0 Å². The Morgan fingerprint density at radius 2 is 2.10 bits per heavy atom. The van der Waals surface area contributed by atoms with Crippen molar-refractivity contribution in [1.29, 1.82) is 0 Å². The van der Waals surface area contributed by atoms with Crippen LogP contribution in [0.15, 0.2) is 29.2 Å². The first-order valence-electron chi connectivity index (χ1n) is 14.3. The highest BCUT2D eigenvalue weighted by Gasteiger charge is 2.39. The minimum atomic E-state index is -0.995. The van der Waals surface area contributed by atoms with E-state index in [4.69, 9.17) is 9.47 Å². The van der Waals surface area contributed by atoms with Crippen LogP contribution in [0.3, 0.4) is 0 Å². The van der Waals surface area contributed by atoms with Crippen LogP contribution in [0.5, 0.6) is 0 Å². The summed E-state index contributed by atoms with van der Waals surface area (Å²) < 4.78 is 28.4. The minimum Gasteiger partial charge on any atom is -0.389 e. The number of benzene rings is 1. The van der Waals surface area contributed by atoms with E-state index in [9.17, 15) is 14.7 Å². The number of aliphatic hydroxyl groups is 1. The molecule has 1 aromatic carbocycles. The number of nitrogens with zero attached hydrogens (tertiary/aromatic N) is 4. The summed E-state index contributed by atoms with van der Waals surface area (Å²) in [7, 11) is 1.59. The number of aromatic nitrogens is 3. The number of pyridine rings is 1. The lowest BCUT2D eigenvalue weighted by Gasteiger charge is -2.39. The average molecular weight is 583 g/mol. The zero-order valence-electron chi connectivity index (χ0n) is 24.7. The van der Waals surface area contributed by atoms with Crippen LogP contribution in [-0.2, 0) is 20.8 Å². The van der Waals surface area contributed by atoms with Gasteiger partial charge in [0.15, 0.2) is 16.8 Å². The van der Waals surface area contributed by atoms with Gasteiger partial charge in [0.05, 0.1) is 37.1 Å². The van der Waals surface area contributed by atoms with E-state index >= 15 is 4.39 Å². The summed E-state index contributed by atoms with van der Waals surface area (Å²) in [6.45, 7) is 10.2. The van der Waals surface area contributed by atoms with Gasteiger partial charge in [-0.15, -0.1) is 0 Å². The topological polar surface area (TPSA) is 131 Å². The van der Waals surface area contributed by atoms with Gasteiger partial charge in [-0.3, -0.25) is 14.5 Å². The van der Waals surface area contributed by atoms with Gasteiger partial charge in [0.2, 0.25) is 5.95 Å². The van der Waals surface area contributed by atoms with Gasteiger partial charge in [-0.05, 0) is 46.2 Å². The molecular weight excluding hydrogens is 543 g/mol. The van der Waals surface area contributed by atoms with E-state index in [0.717, 1.165) is 11.9 Å². The number of ether oxygens (including phenoxy) is 2. The molecule has 12 heteroatoms. The van der Waals surface area contributed by atoms with E-state index < -0.39 is 17.5 Å². The van der Waals surface area contributed by atoms with Crippen molar-refractivity contribution in [3.8, 4) is 11.3 Å². The zero-order valence-corrected chi connectivity index (χ0v) is 24.7. The molecule has 0 radical (unpaired) electrons. The normalized spacial score (nSPS) is 23.3. The summed E-state index contributed by atoms with van der Waals surface area (Å²) >= 11 is 0. The fraction of sp³-hybridized carbons (Fsp3) is 0.533. The van der Waals surface area contributed by atoms with Gasteiger partial charge in [-0.1, -0.05) is 6.07 Å². The standard InChI is InChI=1S/C30H39FN6O5/c1-17(2)37-23-12-19(26-21(31)13-33-29(35-26)34-22-8-10-41-15-25(22)38)6-7-20(23)27(39)18(3)24(37)14-36-9-11-42-30(4,16-36)28(40)32-5/h6-7,12-13,17,22,25,38H,8-11,14-16H2,1-5H3,(H,32,40)(H,33,34,35)/t22-,25-,30+/m1/s1. The van der Waals surface area contributed by atoms with E-state index in [1.54, 1.807) is 32.2 Å². The van der Waals surface area contributed by atoms with Gasteiger partial charge in [0.25, 0.3) is 5.91 Å². The Balaban J connectivity index is 1.55. The number of amides is 1. The molecule has 3 N–H and O–H groups in total. The molecule has 2 aromatic heterocycles. The van der Waals surface area contributed by atoms with Crippen molar-refractivity contribution >= 4 is 22.8 Å². The van der Waals surface area contributed by atoms with Crippen LogP contribution < -0.4 is 16.1 Å². The molecule has 2 fully saturated rings. The molecule has 2 aliphatic rings. The quantitative estimate of drug-likeness (QED) is 0.384. The van der Waals surface area contributed by atoms with Crippen LogP contribution >= 0.6 is 0 Å². The number of halogens is 1. The van der Waals surface area contributed by atoms with Gasteiger partial charge in [0, 0.05) is 61.5 Å². The molecule has 1 amide bonds. The predicted octanol–water partition coefficient (Wildman–Crippen LogP) is 2.39. The molecule has 42 heavy (non-hydrogen) atoms. The number of anilines is 1. The van der Waals surface area contributed by atoms with Crippen LogP contribution in [0.4, 0.5) is 10.3 Å². The molecule has 5 rings (SSSR count). The van der Waals surface area contributed by atoms with E-state index in [1.807, 2.05) is 20.8 Å². The Hall–Kier alpha value is -3.45. The number of morpholine rings is 1. The SMILES string of the molecule is CNC(=O)[C@]1(C)CN(Cc2c(C)c(=O)c3ccc(-c4nc(N[C@@H]5CCOC[C@H]5O)ncc4F)cc3n2C(C)C)CCO1. The third-order valence-electron chi connectivity index (χ3n) is 8.18. The van der Waals surface area contributed by atoms with Gasteiger partial charge in [0.1, 0.15) is 5.69 Å². The number of carbonyl (C=O) groups excluding carboxylic acids is 1. The molecular formula is C30H39FN6O5. The molecule has 0 bridgehead atoms. The Morgan fingerprint density at radius 1 is 1.31 bits per heavy atom. The summed E-state index contributed by atoms with van der Waals surface area (Å²) in [6.07, 6.45) is 0.958. The first kappa shape index (κ1) is 30.0. The Kier molecular flexibility index (Phi) is 8.61. The molecule has 2 saturated heterocycles. The second kappa shape index (κ2) is 12.0. The molecule has 0 saturated carbocycles. The molecule has 2 aliphatic heterocycles. The van der Waals surface area contributed by atoms with E-state index in [-0.39, 0.29) is 41.7 Å². The number of carbonyl (C=O) groups is 1. The molecule has 3 aromatic rings. The van der Waals surface area contributed by atoms with Gasteiger partial charge < -0.3 is 29.8 Å². The lowest BCUT2D eigenvalue weighted by Crippen LogP contribution is -2.57. The summed E-state index contributed by atoms with van der Waals surface area (Å²) in [4.78, 5) is 36.8. The van der Waals surface area contributed by atoms with Crippen molar-refractivity contribution in [3.05, 3.63) is 51.7 Å². The lowest BCUT2D eigenvalue weighted by atomic mass is 10.0. The highest BCUT2D eigenvalue weighted by Crippen LogP contribution is 2.30. The molecule has 0 spiro atoms. The highest BCUT2D eigenvalue weighted by atomic mass is 19.1. The molecule has 3 atom stereocenters. The third kappa shape index (κ3) is 5.76. The van der Waals surface area contributed by atoms with Crippen molar-refractivity contribution in [2.75, 3.05) is 45.3 Å². The number of rotatable bonds is 7. The highest BCUT2D eigenvalue weighted by molar-refractivity contribution is 5.86. The maximum absolute atomic E-state index is 15.1. The number of hydrogen-bond donors (Lipinski definition) is 3. The van der Waals surface area contributed by atoms with Gasteiger partial charge >= 0.3 is 0 Å². The Labute approximate surface area is 244 Å². The van der Waals surface area contributed by atoms with Crippen molar-refractivity contribution in [2.24, 2.45) is 0 Å². The number of likely N-dealkylation sites (N-methyl/N-ethyl adjacent to an activating group) is 1. The van der Waals surface area contributed by atoms with Crippen LogP contribution in [0.2, 0.25) is 0 Å². The van der Waals surface area contributed by atoms with E-state index in [2.05, 4.69) is 30.1 Å². The fourth-order valence-electron chi connectivity index (χ4n) is 5.91. The number of hydrogen-bond acceptors (Lipinski definition) is 9. The second-order valence-corrected chi connectivity index (χ2v) is 11.5. The summed E-state index contributed by atoms with van der Waals surface area (Å²) in [5.74, 6) is -0.588. The average Bonchev–Trinajstić information content (AvgIpc) is 2.97. The number of aliphatic hydroxyl groups excluding tert-OH is 1. The third-order valence-corrected chi connectivity index (χ3v) is 8.18. The van der Waals surface area contributed by atoms with Crippen LogP contribution in [0, 0.1) is 12.7 Å². The largest absolute Gasteiger partial charge is 0.389 e. The van der Waals surface area contributed by atoms with Crippen molar-refractivity contribution < 1.29 is 23.8 Å². The Bertz CT molecular complexity index is 1540. The zero-order chi connectivity index (χ0) is 30.2. The van der Waals surface area contributed by atoms with Crippen molar-refractivity contribution in [2.45, 2.75) is 64.4 Å². The second-order valence-electron chi connectivity index (χ2n) is 11.5. The molecule has 0 unspecified atom stereocenters. The van der Waals surface area contributed by atoms with Crippen molar-refractivity contribution in [1.82, 2.24) is 24.8 Å². The van der Waals surface area contributed by atoms with Gasteiger partial charge in [-0.25, -0.2) is 14.4 Å². The van der Waals surface area contributed by atoms with Crippen LogP contribution in [0.25, 0.3) is 22.2 Å². The molecule has 0 aliphatic carbocycles. The lowest BCUT2D eigenvalue weighted by molar-refractivity contribution is -0.156. The smallest absolute Gasteiger partial charge is 0.253 e. The van der Waals surface area contributed by atoms with E-state index in [0.29, 0.717) is 61.3 Å². The van der Waals surface area contributed by atoms with Crippen LogP contribution in [0.1, 0.15) is 44.5 Å². The first-order chi connectivity index (χ1) is 20.0. The minimum absolute atomic E-state index is 0.0223. The molecule has 4 heterocycles. The maximum Gasteiger partial charge on any atom is 0.253 e. The molecule has 11 nitrogen and oxygen atoms in total. The fourth-order valence-corrected chi connectivity index (χ4v) is 5.91. The Morgan fingerprint density at radius 3 is 2.81 bits per heavy atom. The monoisotopic (exact) mass is 582 g/mol. The first-order valence-corrected chi connectivity index (χ1v) is 14.3. The van der Waals surface area contributed by atoms with Crippen molar-refractivity contribution in [3.63, 3.8) is 0 Å². The number of nitrogens with one attached hydrogen (secondary N) is 2. The maximum atomic E-state index is 15.1.